The molecule has 0 atom stereocenters. The third-order valence-electron chi connectivity index (χ3n) is 3.03. The van der Waals surface area contributed by atoms with Crippen molar-refractivity contribution in [1.29, 1.82) is 0 Å². The monoisotopic (exact) mass is 255 g/mol. The number of benzene rings is 1. The number of ether oxygens (including phenoxy) is 2. The minimum atomic E-state index is 0.762. The van der Waals surface area contributed by atoms with E-state index in [0.29, 0.717) is 0 Å². The fourth-order valence-electron chi connectivity index (χ4n) is 2.09. The number of rotatable bonds is 3. The molecule has 0 aliphatic carbocycles. The van der Waals surface area contributed by atoms with Gasteiger partial charge in [-0.2, -0.15) is 0 Å². The van der Waals surface area contributed by atoms with E-state index in [0.717, 1.165) is 33.7 Å². The molecule has 0 bridgehead atoms. The number of aromatic amines is 1. The van der Waals surface area contributed by atoms with E-state index in [-0.39, 0.29) is 0 Å². The van der Waals surface area contributed by atoms with Crippen LogP contribution in [0.2, 0.25) is 0 Å². The first-order valence-corrected chi connectivity index (χ1v) is 5.83. The van der Waals surface area contributed by atoms with Crippen molar-refractivity contribution in [1.82, 2.24) is 15.0 Å². The van der Waals surface area contributed by atoms with Crippen LogP contribution in [-0.4, -0.2) is 29.2 Å². The number of nitrogens with zero attached hydrogens (tertiary/aromatic N) is 2. The van der Waals surface area contributed by atoms with E-state index >= 15 is 0 Å². The number of hydrogen-bond donors (Lipinski definition) is 1. The van der Waals surface area contributed by atoms with Crippen LogP contribution < -0.4 is 9.47 Å². The van der Waals surface area contributed by atoms with Crippen molar-refractivity contribution in [3.63, 3.8) is 0 Å². The number of nitrogens with one attached hydrogen (secondary N) is 1. The molecule has 2 heterocycles. The standard InChI is InChI=1S/C14H13N3O2/c1-18-9-3-4-13(19-2)10(5-9)11-6-15-7-12-14(11)17-8-16-12/h3-8H,1-2H3,(H,16,17). The normalized spacial score (nSPS) is 10.6. The van der Waals surface area contributed by atoms with Gasteiger partial charge in [0, 0.05) is 17.3 Å². The first-order chi connectivity index (χ1) is 9.33. The topological polar surface area (TPSA) is 60.0 Å². The lowest BCUT2D eigenvalue weighted by atomic mass is 10.0. The zero-order valence-corrected chi connectivity index (χ0v) is 10.7. The van der Waals surface area contributed by atoms with E-state index in [9.17, 15) is 0 Å². The fourth-order valence-corrected chi connectivity index (χ4v) is 2.09. The summed E-state index contributed by atoms with van der Waals surface area (Å²) in [5.41, 5.74) is 3.57. The SMILES string of the molecule is COc1ccc(OC)c(-c2cncc3[nH]cnc23)c1. The summed E-state index contributed by atoms with van der Waals surface area (Å²) in [6, 6.07) is 5.66. The van der Waals surface area contributed by atoms with Crippen LogP contribution in [0.15, 0.2) is 36.9 Å². The van der Waals surface area contributed by atoms with Crippen LogP contribution in [0.1, 0.15) is 0 Å². The smallest absolute Gasteiger partial charge is 0.127 e. The van der Waals surface area contributed by atoms with Crippen LogP contribution in [0.4, 0.5) is 0 Å². The van der Waals surface area contributed by atoms with Crippen LogP contribution in [0, 0.1) is 0 Å². The molecule has 0 radical (unpaired) electrons. The second kappa shape index (κ2) is 4.61. The lowest BCUT2D eigenvalue weighted by Crippen LogP contribution is -1.91. The molecule has 96 valence electrons. The Balaban J connectivity index is 2.28. The Morgan fingerprint density at radius 2 is 1.95 bits per heavy atom. The van der Waals surface area contributed by atoms with Gasteiger partial charge >= 0.3 is 0 Å². The maximum Gasteiger partial charge on any atom is 0.127 e. The molecular weight excluding hydrogens is 242 g/mol. The van der Waals surface area contributed by atoms with Crippen molar-refractivity contribution in [3.05, 3.63) is 36.9 Å². The molecule has 5 nitrogen and oxygen atoms in total. The Morgan fingerprint density at radius 1 is 1.05 bits per heavy atom. The lowest BCUT2D eigenvalue weighted by molar-refractivity contribution is 0.404. The minimum absolute atomic E-state index is 0.762. The van der Waals surface area contributed by atoms with Gasteiger partial charge in [0.05, 0.1) is 37.8 Å². The number of hydrogen-bond acceptors (Lipinski definition) is 4. The zero-order valence-electron chi connectivity index (χ0n) is 10.7. The van der Waals surface area contributed by atoms with Crippen molar-refractivity contribution < 1.29 is 9.47 Å². The summed E-state index contributed by atoms with van der Waals surface area (Å²) in [4.78, 5) is 11.6. The predicted octanol–water partition coefficient (Wildman–Crippen LogP) is 2.64. The molecule has 1 aromatic carbocycles. The molecule has 3 rings (SSSR count). The number of methoxy groups -OCH3 is 2. The molecule has 0 aliphatic rings. The quantitative estimate of drug-likeness (QED) is 0.781. The van der Waals surface area contributed by atoms with Crippen molar-refractivity contribution in [3.8, 4) is 22.6 Å². The first kappa shape index (κ1) is 11.5. The highest BCUT2D eigenvalue weighted by atomic mass is 16.5. The fraction of sp³-hybridized carbons (Fsp3) is 0.143. The molecule has 0 amide bonds. The second-order valence-corrected chi connectivity index (χ2v) is 4.05. The molecule has 0 aliphatic heterocycles. The van der Waals surface area contributed by atoms with E-state index in [1.54, 1.807) is 32.9 Å². The Hall–Kier alpha value is -2.56. The number of H-pyrrole nitrogens is 1. The number of pyridine rings is 1. The maximum absolute atomic E-state index is 5.40. The van der Waals surface area contributed by atoms with Gasteiger partial charge < -0.3 is 14.5 Å². The molecule has 0 fully saturated rings. The highest BCUT2D eigenvalue weighted by Gasteiger charge is 2.12. The average Bonchev–Trinajstić information content (AvgIpc) is 2.94. The minimum Gasteiger partial charge on any atom is -0.497 e. The van der Waals surface area contributed by atoms with Gasteiger partial charge in [0.15, 0.2) is 0 Å². The molecule has 0 spiro atoms. The molecule has 1 N–H and O–H groups in total. The largest absolute Gasteiger partial charge is 0.497 e. The van der Waals surface area contributed by atoms with Crippen molar-refractivity contribution in [2.75, 3.05) is 14.2 Å². The van der Waals surface area contributed by atoms with Crippen LogP contribution in [0.3, 0.4) is 0 Å². The molecule has 0 unspecified atom stereocenters. The van der Waals surface area contributed by atoms with Crippen LogP contribution in [0.5, 0.6) is 11.5 Å². The van der Waals surface area contributed by atoms with Crippen LogP contribution in [-0.2, 0) is 0 Å². The molecule has 2 aromatic heterocycles. The highest BCUT2D eigenvalue weighted by Crippen LogP contribution is 2.35. The van der Waals surface area contributed by atoms with Crippen molar-refractivity contribution >= 4 is 11.0 Å². The highest BCUT2D eigenvalue weighted by molar-refractivity contribution is 5.92. The van der Waals surface area contributed by atoms with Gasteiger partial charge in [-0.3, -0.25) is 4.98 Å². The van der Waals surface area contributed by atoms with E-state index in [2.05, 4.69) is 15.0 Å². The Morgan fingerprint density at radius 3 is 2.74 bits per heavy atom. The number of imidazole rings is 1. The summed E-state index contributed by atoms with van der Waals surface area (Å²) >= 11 is 0. The van der Waals surface area contributed by atoms with Gasteiger partial charge in [-0.15, -0.1) is 0 Å². The molecular formula is C14H13N3O2. The van der Waals surface area contributed by atoms with Gasteiger partial charge in [0.25, 0.3) is 0 Å². The van der Waals surface area contributed by atoms with Crippen molar-refractivity contribution in [2.45, 2.75) is 0 Å². The van der Waals surface area contributed by atoms with Crippen LogP contribution in [0.25, 0.3) is 22.2 Å². The van der Waals surface area contributed by atoms with Gasteiger partial charge in [-0.25, -0.2) is 4.98 Å². The van der Waals surface area contributed by atoms with Gasteiger partial charge in [0.2, 0.25) is 0 Å². The number of fused-ring (bicyclic) bond motifs is 1. The van der Waals surface area contributed by atoms with E-state index < -0.39 is 0 Å². The Kier molecular flexibility index (Phi) is 2.79. The molecule has 5 heteroatoms. The predicted molar refractivity (Wildman–Crippen MR) is 72.4 cm³/mol. The summed E-state index contributed by atoms with van der Waals surface area (Å²) in [7, 11) is 3.28. The lowest BCUT2D eigenvalue weighted by Gasteiger charge is -2.10. The van der Waals surface area contributed by atoms with Crippen molar-refractivity contribution in [2.24, 2.45) is 0 Å². The molecule has 19 heavy (non-hydrogen) atoms. The number of aromatic nitrogens is 3. The van der Waals surface area contributed by atoms with E-state index in [1.165, 1.54) is 0 Å². The summed E-state index contributed by atoms with van der Waals surface area (Å²) in [5, 5.41) is 0. The Labute approximate surface area is 110 Å². The van der Waals surface area contributed by atoms with Gasteiger partial charge in [0.1, 0.15) is 11.5 Å². The molecule has 3 aromatic rings. The third-order valence-corrected chi connectivity index (χ3v) is 3.03. The van der Waals surface area contributed by atoms with E-state index in [1.807, 2.05) is 18.2 Å². The van der Waals surface area contributed by atoms with Gasteiger partial charge in [-0.1, -0.05) is 0 Å². The summed E-state index contributed by atoms with van der Waals surface area (Å²) in [6.07, 6.45) is 5.18. The Bertz CT molecular complexity index is 722. The molecule has 0 saturated heterocycles. The molecule has 0 saturated carbocycles. The zero-order chi connectivity index (χ0) is 13.2. The maximum atomic E-state index is 5.40. The van der Waals surface area contributed by atoms with Crippen LogP contribution >= 0.6 is 0 Å². The third kappa shape index (κ3) is 1.89. The van der Waals surface area contributed by atoms with Gasteiger partial charge in [-0.05, 0) is 18.2 Å². The van der Waals surface area contributed by atoms with E-state index in [4.69, 9.17) is 9.47 Å². The average molecular weight is 255 g/mol. The summed E-state index contributed by atoms with van der Waals surface area (Å²) in [5.74, 6) is 1.53. The first-order valence-electron chi connectivity index (χ1n) is 5.83. The summed E-state index contributed by atoms with van der Waals surface area (Å²) in [6.45, 7) is 0. The second-order valence-electron chi connectivity index (χ2n) is 4.05. The summed E-state index contributed by atoms with van der Waals surface area (Å²) < 4.78 is 10.7.